The van der Waals surface area contributed by atoms with Gasteiger partial charge < -0.3 is 16.0 Å². The number of aromatic nitrogens is 4. The minimum Gasteiger partial charge on any atom is -0.368 e. The van der Waals surface area contributed by atoms with Gasteiger partial charge in [0.2, 0.25) is 0 Å². The molecule has 0 bridgehead atoms. The van der Waals surface area contributed by atoms with Crippen LogP contribution >= 0.6 is 0 Å². The van der Waals surface area contributed by atoms with Crippen LogP contribution in [0.2, 0.25) is 0 Å². The van der Waals surface area contributed by atoms with Gasteiger partial charge >= 0.3 is 6.03 Å². The number of rotatable bonds is 6. The van der Waals surface area contributed by atoms with Crippen LogP contribution in [0, 0.1) is 32.4 Å². The molecule has 0 atom stereocenters. The molecule has 0 fully saturated rings. The van der Waals surface area contributed by atoms with Gasteiger partial charge in [-0.1, -0.05) is 0 Å². The lowest BCUT2D eigenvalue weighted by Crippen LogP contribution is -2.32. The van der Waals surface area contributed by atoms with Crippen molar-refractivity contribution in [1.29, 1.82) is 0 Å². The van der Waals surface area contributed by atoms with E-state index in [0.717, 1.165) is 23.5 Å². The maximum Gasteiger partial charge on any atom is 0.319 e. The van der Waals surface area contributed by atoms with Crippen molar-refractivity contribution in [3.63, 3.8) is 0 Å². The Kier molecular flexibility index (Phi) is 6.01. The van der Waals surface area contributed by atoms with Crippen molar-refractivity contribution >= 4 is 17.5 Å². The van der Waals surface area contributed by atoms with Gasteiger partial charge in [-0.05, 0) is 39.0 Å². The second kappa shape index (κ2) is 8.63. The molecule has 0 spiro atoms. The summed E-state index contributed by atoms with van der Waals surface area (Å²) in [6.07, 6.45) is 0. The van der Waals surface area contributed by atoms with E-state index in [0.29, 0.717) is 24.0 Å². The molecule has 2 heterocycles. The molecule has 0 saturated heterocycles. The van der Waals surface area contributed by atoms with E-state index in [1.165, 1.54) is 6.07 Å². The highest BCUT2D eigenvalue weighted by atomic mass is 19.2. The predicted molar refractivity (Wildman–Crippen MR) is 105 cm³/mol. The van der Waals surface area contributed by atoms with Crippen molar-refractivity contribution in [3.8, 4) is 5.82 Å². The van der Waals surface area contributed by atoms with Crippen molar-refractivity contribution in [1.82, 2.24) is 25.1 Å². The molecule has 0 aliphatic heterocycles. The maximum atomic E-state index is 13.2. The Balaban J connectivity index is 1.53. The summed E-state index contributed by atoms with van der Waals surface area (Å²) in [5.74, 6) is -0.166. The van der Waals surface area contributed by atoms with Gasteiger partial charge in [-0.2, -0.15) is 5.10 Å². The van der Waals surface area contributed by atoms with Gasteiger partial charge in [-0.15, -0.1) is 0 Å². The van der Waals surface area contributed by atoms with E-state index < -0.39 is 17.7 Å². The second-order valence-corrected chi connectivity index (χ2v) is 6.43. The van der Waals surface area contributed by atoms with Crippen molar-refractivity contribution < 1.29 is 13.6 Å². The Morgan fingerprint density at radius 3 is 2.52 bits per heavy atom. The first kappa shape index (κ1) is 20.2. The number of anilines is 2. The van der Waals surface area contributed by atoms with Gasteiger partial charge in [0.1, 0.15) is 11.6 Å². The topological polar surface area (TPSA) is 96.8 Å². The molecule has 8 nitrogen and oxygen atoms in total. The molecule has 152 valence electrons. The van der Waals surface area contributed by atoms with Crippen LogP contribution in [0.3, 0.4) is 0 Å². The van der Waals surface area contributed by atoms with Crippen molar-refractivity contribution in [2.45, 2.75) is 20.8 Å². The largest absolute Gasteiger partial charge is 0.368 e. The molecular weight excluding hydrogens is 380 g/mol. The number of carbonyl (C=O) groups is 1. The normalized spacial score (nSPS) is 10.7. The molecule has 3 rings (SSSR count). The fraction of sp³-hybridized carbons (Fsp3) is 0.263. The minimum atomic E-state index is -1.03. The van der Waals surface area contributed by atoms with Crippen LogP contribution in [0.4, 0.5) is 25.1 Å². The highest BCUT2D eigenvalue weighted by Crippen LogP contribution is 2.14. The van der Waals surface area contributed by atoms with E-state index in [9.17, 15) is 13.6 Å². The molecule has 3 aromatic rings. The SMILES string of the molecule is Cc1cc(C)n(-c2cc(NCCNC(=O)Nc3ccc(F)c(F)c3)nc(C)n2)n1. The van der Waals surface area contributed by atoms with Gasteiger partial charge in [-0.25, -0.2) is 28.2 Å². The number of urea groups is 1. The van der Waals surface area contributed by atoms with Crippen molar-refractivity contribution in [2.75, 3.05) is 23.7 Å². The van der Waals surface area contributed by atoms with Gasteiger partial charge in [0, 0.05) is 36.6 Å². The van der Waals surface area contributed by atoms with Crippen LogP contribution in [0.15, 0.2) is 30.3 Å². The summed E-state index contributed by atoms with van der Waals surface area (Å²) >= 11 is 0. The fourth-order valence-electron chi connectivity index (χ4n) is 2.73. The summed E-state index contributed by atoms with van der Waals surface area (Å²) in [6.45, 7) is 6.33. The highest BCUT2D eigenvalue weighted by molar-refractivity contribution is 5.89. The van der Waals surface area contributed by atoms with E-state index in [-0.39, 0.29) is 12.2 Å². The Hall–Kier alpha value is -3.56. The smallest absolute Gasteiger partial charge is 0.319 e. The minimum absolute atomic E-state index is 0.162. The number of aryl methyl sites for hydroxylation is 3. The van der Waals surface area contributed by atoms with E-state index >= 15 is 0 Å². The molecule has 2 amide bonds. The van der Waals surface area contributed by atoms with Crippen LogP contribution in [0.25, 0.3) is 5.82 Å². The molecule has 2 aromatic heterocycles. The van der Waals surface area contributed by atoms with Gasteiger partial charge in [0.25, 0.3) is 0 Å². The first-order valence-corrected chi connectivity index (χ1v) is 8.95. The van der Waals surface area contributed by atoms with Crippen molar-refractivity contribution in [3.05, 3.63) is 59.2 Å². The average molecular weight is 401 g/mol. The number of hydrogen-bond donors (Lipinski definition) is 3. The number of halogens is 2. The van der Waals surface area contributed by atoms with Gasteiger partial charge in [-0.3, -0.25) is 0 Å². The van der Waals surface area contributed by atoms with Gasteiger partial charge in [0.15, 0.2) is 17.5 Å². The third-order valence-corrected chi connectivity index (χ3v) is 3.95. The third kappa shape index (κ3) is 5.24. The Labute approximate surface area is 166 Å². The summed E-state index contributed by atoms with van der Waals surface area (Å²) < 4.78 is 27.8. The average Bonchev–Trinajstić information content (AvgIpc) is 3.00. The van der Waals surface area contributed by atoms with E-state index in [4.69, 9.17) is 0 Å². The molecule has 0 saturated carbocycles. The lowest BCUT2D eigenvalue weighted by atomic mass is 10.3. The van der Waals surface area contributed by atoms with E-state index in [2.05, 4.69) is 31.0 Å². The van der Waals surface area contributed by atoms with E-state index in [1.54, 1.807) is 17.7 Å². The molecule has 0 radical (unpaired) electrons. The lowest BCUT2D eigenvalue weighted by molar-refractivity contribution is 0.252. The number of hydrogen-bond acceptors (Lipinski definition) is 5. The van der Waals surface area contributed by atoms with Crippen molar-refractivity contribution in [2.24, 2.45) is 0 Å². The standard InChI is InChI=1S/C19H21F2N7O/c1-11-8-12(2)28(27-11)18-10-17(24-13(3)25-18)22-6-7-23-19(29)26-14-4-5-15(20)16(21)9-14/h4-5,8-10H,6-7H2,1-3H3,(H,22,24,25)(H2,23,26,29). The maximum absolute atomic E-state index is 13.2. The molecular formula is C19H21F2N7O. The lowest BCUT2D eigenvalue weighted by Gasteiger charge is -2.11. The van der Waals surface area contributed by atoms with Crippen LogP contribution in [-0.2, 0) is 0 Å². The summed E-state index contributed by atoms with van der Waals surface area (Å²) in [5.41, 5.74) is 2.02. The number of nitrogens with zero attached hydrogens (tertiary/aromatic N) is 4. The van der Waals surface area contributed by atoms with E-state index in [1.807, 2.05) is 19.9 Å². The van der Waals surface area contributed by atoms with Crippen LogP contribution < -0.4 is 16.0 Å². The van der Waals surface area contributed by atoms with Crippen LogP contribution in [0.5, 0.6) is 0 Å². The molecule has 1 aromatic carbocycles. The summed E-state index contributed by atoms with van der Waals surface area (Å²) in [6, 6.07) is 6.34. The Bertz CT molecular complexity index is 1040. The number of benzene rings is 1. The van der Waals surface area contributed by atoms with Crippen LogP contribution in [0.1, 0.15) is 17.2 Å². The highest BCUT2D eigenvalue weighted by Gasteiger charge is 2.09. The monoisotopic (exact) mass is 401 g/mol. The summed E-state index contributed by atoms with van der Waals surface area (Å²) in [5, 5.41) is 12.6. The summed E-state index contributed by atoms with van der Waals surface area (Å²) in [4.78, 5) is 20.6. The Morgan fingerprint density at radius 1 is 1.03 bits per heavy atom. The molecule has 29 heavy (non-hydrogen) atoms. The molecule has 3 N–H and O–H groups in total. The van der Waals surface area contributed by atoms with Crippen LogP contribution in [-0.4, -0.2) is 38.9 Å². The first-order chi connectivity index (χ1) is 13.8. The molecule has 0 aliphatic rings. The zero-order chi connectivity index (χ0) is 21.0. The van der Waals surface area contributed by atoms with Gasteiger partial charge in [0.05, 0.1) is 5.69 Å². The zero-order valence-corrected chi connectivity index (χ0v) is 16.3. The summed E-state index contributed by atoms with van der Waals surface area (Å²) in [7, 11) is 0. The molecule has 0 aliphatic carbocycles. The number of amides is 2. The molecule has 10 heteroatoms. The predicted octanol–water partition coefficient (Wildman–Crippen LogP) is 3.10. The Morgan fingerprint density at radius 2 is 1.83 bits per heavy atom. The fourth-order valence-corrected chi connectivity index (χ4v) is 2.73. The second-order valence-electron chi connectivity index (χ2n) is 6.43. The quantitative estimate of drug-likeness (QED) is 0.552. The zero-order valence-electron chi connectivity index (χ0n) is 16.3. The molecule has 0 unspecified atom stereocenters. The number of carbonyl (C=O) groups excluding carboxylic acids is 1. The number of nitrogens with one attached hydrogen (secondary N) is 3. The third-order valence-electron chi connectivity index (χ3n) is 3.95. The first-order valence-electron chi connectivity index (χ1n) is 8.95.